The minimum Gasteiger partial charge on any atom is -0.484 e. The van der Waals surface area contributed by atoms with Crippen molar-refractivity contribution in [3.8, 4) is 5.75 Å². The largest absolute Gasteiger partial charge is 0.484 e. The lowest BCUT2D eigenvalue weighted by molar-refractivity contribution is -0.120. The molecule has 0 saturated heterocycles. The van der Waals surface area contributed by atoms with Crippen molar-refractivity contribution in [3.63, 3.8) is 0 Å². The van der Waals surface area contributed by atoms with Crippen LogP contribution >= 0.6 is 0 Å². The van der Waals surface area contributed by atoms with E-state index in [1.54, 1.807) is 23.1 Å². The maximum absolute atomic E-state index is 13.2. The molecule has 3 aromatic carbocycles. The molecular weight excluding hydrogens is 378 g/mol. The highest BCUT2D eigenvalue weighted by Gasteiger charge is 2.20. The van der Waals surface area contributed by atoms with Crippen molar-refractivity contribution in [1.82, 2.24) is 0 Å². The molecule has 5 heteroatoms. The number of hydrogen-bond donors (Lipinski definition) is 1. The van der Waals surface area contributed by atoms with Crippen LogP contribution in [0.2, 0.25) is 0 Å². The van der Waals surface area contributed by atoms with Gasteiger partial charge in [-0.3, -0.25) is 4.79 Å². The van der Waals surface area contributed by atoms with Crippen LogP contribution in [0.1, 0.15) is 34.0 Å². The first-order valence-corrected chi connectivity index (χ1v) is 9.88. The summed E-state index contributed by atoms with van der Waals surface area (Å²) in [7, 11) is 0. The van der Waals surface area contributed by atoms with Gasteiger partial charge in [0, 0.05) is 5.69 Å². The van der Waals surface area contributed by atoms with Crippen LogP contribution in [0.4, 0.5) is 5.69 Å². The lowest BCUT2D eigenvalue weighted by Gasteiger charge is -2.25. The van der Waals surface area contributed by atoms with E-state index in [-0.39, 0.29) is 24.6 Å². The molecule has 0 spiro atoms. The van der Waals surface area contributed by atoms with Crippen molar-refractivity contribution in [1.29, 1.82) is 0 Å². The summed E-state index contributed by atoms with van der Waals surface area (Å²) in [6.07, 6.45) is 0.772. The van der Waals surface area contributed by atoms with E-state index in [2.05, 4.69) is 0 Å². The normalized spacial score (nSPS) is 10.5. The van der Waals surface area contributed by atoms with Gasteiger partial charge in [0.25, 0.3) is 5.91 Å². The van der Waals surface area contributed by atoms with Crippen molar-refractivity contribution in [2.75, 3.05) is 11.5 Å². The second-order valence-electron chi connectivity index (χ2n) is 7.07. The van der Waals surface area contributed by atoms with Crippen LogP contribution in [0.25, 0.3) is 0 Å². The molecule has 0 atom stereocenters. The standard InChI is InChI=1S/C25H25NO4/c1-3-20-8-4-5-10-23(20)26(16-19-7-6-9-21(15-19)25(28)29)24(27)17-30-22-13-11-18(2)12-14-22/h4-15H,3,16-17H2,1-2H3,(H,28,29). The second-order valence-corrected chi connectivity index (χ2v) is 7.07. The summed E-state index contributed by atoms with van der Waals surface area (Å²) in [6.45, 7) is 4.17. The molecular formula is C25H25NO4. The highest BCUT2D eigenvalue weighted by molar-refractivity contribution is 5.95. The number of carboxylic acids is 1. The summed E-state index contributed by atoms with van der Waals surface area (Å²) >= 11 is 0. The van der Waals surface area contributed by atoms with Gasteiger partial charge in [0.05, 0.1) is 12.1 Å². The van der Waals surface area contributed by atoms with Crippen LogP contribution in [0.15, 0.2) is 72.8 Å². The third-order valence-corrected chi connectivity index (χ3v) is 4.86. The first kappa shape index (κ1) is 21.1. The Morgan fingerprint density at radius 3 is 2.40 bits per heavy atom. The Hall–Kier alpha value is -3.60. The fourth-order valence-corrected chi connectivity index (χ4v) is 3.22. The number of amides is 1. The predicted molar refractivity (Wildman–Crippen MR) is 117 cm³/mol. The van der Waals surface area contributed by atoms with E-state index in [1.807, 2.05) is 68.4 Å². The molecule has 0 bridgehead atoms. The number of carbonyl (C=O) groups excluding carboxylic acids is 1. The Labute approximate surface area is 176 Å². The maximum atomic E-state index is 13.2. The summed E-state index contributed by atoms with van der Waals surface area (Å²) in [4.78, 5) is 26.1. The molecule has 0 unspecified atom stereocenters. The number of benzene rings is 3. The number of anilines is 1. The summed E-state index contributed by atoms with van der Waals surface area (Å²) in [6, 6.07) is 21.9. The average molecular weight is 403 g/mol. The van der Waals surface area contributed by atoms with E-state index in [9.17, 15) is 14.7 Å². The van der Waals surface area contributed by atoms with Gasteiger partial charge >= 0.3 is 5.97 Å². The summed E-state index contributed by atoms with van der Waals surface area (Å²) in [5.41, 5.74) is 3.89. The molecule has 0 saturated carbocycles. The SMILES string of the molecule is CCc1ccccc1N(Cc1cccc(C(=O)O)c1)C(=O)COc1ccc(C)cc1. The number of carbonyl (C=O) groups is 2. The fraction of sp³-hybridized carbons (Fsp3) is 0.200. The average Bonchev–Trinajstić information content (AvgIpc) is 2.77. The van der Waals surface area contributed by atoms with Crippen LogP contribution < -0.4 is 9.64 Å². The molecule has 0 aromatic heterocycles. The molecule has 0 aliphatic carbocycles. The third-order valence-electron chi connectivity index (χ3n) is 4.86. The van der Waals surface area contributed by atoms with Crippen molar-refractivity contribution in [2.24, 2.45) is 0 Å². The Balaban J connectivity index is 1.87. The summed E-state index contributed by atoms with van der Waals surface area (Å²) < 4.78 is 5.71. The smallest absolute Gasteiger partial charge is 0.335 e. The molecule has 0 heterocycles. The van der Waals surface area contributed by atoms with Gasteiger partial charge in [0.1, 0.15) is 5.75 Å². The van der Waals surface area contributed by atoms with E-state index >= 15 is 0 Å². The predicted octanol–water partition coefficient (Wildman–Crippen LogP) is 4.87. The first-order chi connectivity index (χ1) is 14.5. The van der Waals surface area contributed by atoms with Gasteiger partial charge in [-0.15, -0.1) is 0 Å². The zero-order valence-corrected chi connectivity index (χ0v) is 17.2. The van der Waals surface area contributed by atoms with Crippen LogP contribution in [0, 0.1) is 6.92 Å². The molecule has 3 aromatic rings. The zero-order chi connectivity index (χ0) is 21.5. The van der Waals surface area contributed by atoms with E-state index in [4.69, 9.17) is 4.74 Å². The number of ether oxygens (including phenoxy) is 1. The molecule has 5 nitrogen and oxygen atoms in total. The highest BCUT2D eigenvalue weighted by Crippen LogP contribution is 2.24. The molecule has 154 valence electrons. The molecule has 0 radical (unpaired) electrons. The van der Waals surface area contributed by atoms with Gasteiger partial charge in [-0.2, -0.15) is 0 Å². The molecule has 1 amide bonds. The van der Waals surface area contributed by atoms with Gasteiger partial charge in [-0.05, 0) is 54.8 Å². The Bertz CT molecular complexity index is 1030. The molecule has 30 heavy (non-hydrogen) atoms. The zero-order valence-electron chi connectivity index (χ0n) is 17.2. The van der Waals surface area contributed by atoms with Crippen molar-refractivity contribution >= 4 is 17.6 Å². The monoisotopic (exact) mass is 403 g/mol. The molecule has 0 aliphatic heterocycles. The number of hydrogen-bond acceptors (Lipinski definition) is 3. The second kappa shape index (κ2) is 9.74. The lowest BCUT2D eigenvalue weighted by Crippen LogP contribution is -2.35. The van der Waals surface area contributed by atoms with Gasteiger partial charge in [0.15, 0.2) is 6.61 Å². The number of carboxylic acid groups (broad SMARTS) is 1. The van der Waals surface area contributed by atoms with Crippen molar-refractivity contribution < 1.29 is 19.4 Å². The maximum Gasteiger partial charge on any atom is 0.335 e. The van der Waals surface area contributed by atoms with E-state index in [1.165, 1.54) is 0 Å². The van der Waals surface area contributed by atoms with E-state index in [0.29, 0.717) is 5.75 Å². The van der Waals surface area contributed by atoms with Gasteiger partial charge in [-0.25, -0.2) is 4.79 Å². The number of nitrogens with zero attached hydrogens (tertiary/aromatic N) is 1. The Kier molecular flexibility index (Phi) is 6.86. The Morgan fingerprint density at radius 1 is 0.967 bits per heavy atom. The van der Waals surface area contributed by atoms with E-state index in [0.717, 1.165) is 28.8 Å². The Morgan fingerprint density at radius 2 is 1.70 bits per heavy atom. The van der Waals surface area contributed by atoms with Crippen LogP contribution in [-0.2, 0) is 17.8 Å². The summed E-state index contributed by atoms with van der Waals surface area (Å²) in [5.74, 6) is -0.561. The molecule has 0 aliphatic rings. The highest BCUT2D eigenvalue weighted by atomic mass is 16.5. The third kappa shape index (κ3) is 5.26. The van der Waals surface area contributed by atoms with Gasteiger partial charge in [-0.1, -0.05) is 55.0 Å². The lowest BCUT2D eigenvalue weighted by atomic mass is 10.1. The van der Waals surface area contributed by atoms with Crippen molar-refractivity contribution in [2.45, 2.75) is 26.8 Å². The van der Waals surface area contributed by atoms with E-state index < -0.39 is 5.97 Å². The van der Waals surface area contributed by atoms with Crippen molar-refractivity contribution in [3.05, 3.63) is 95.1 Å². The minimum absolute atomic E-state index is 0.111. The van der Waals surface area contributed by atoms with Gasteiger partial charge < -0.3 is 14.7 Å². The van der Waals surface area contributed by atoms with Crippen LogP contribution in [0.5, 0.6) is 5.75 Å². The first-order valence-electron chi connectivity index (χ1n) is 9.88. The number of aromatic carboxylic acids is 1. The van der Waals surface area contributed by atoms with Crippen LogP contribution in [0.3, 0.4) is 0 Å². The number of rotatable bonds is 8. The van der Waals surface area contributed by atoms with Crippen LogP contribution in [-0.4, -0.2) is 23.6 Å². The quantitative estimate of drug-likeness (QED) is 0.583. The summed E-state index contributed by atoms with van der Waals surface area (Å²) in [5, 5.41) is 9.28. The number of aryl methyl sites for hydroxylation is 2. The topological polar surface area (TPSA) is 66.8 Å². The number of para-hydroxylation sites is 1. The fourth-order valence-electron chi connectivity index (χ4n) is 3.22. The molecule has 3 rings (SSSR count). The molecule has 1 N–H and O–H groups in total. The van der Waals surface area contributed by atoms with Gasteiger partial charge in [0.2, 0.25) is 0 Å². The molecule has 0 fully saturated rings. The minimum atomic E-state index is -0.994.